The molecule has 9 heteroatoms. The van der Waals surface area contributed by atoms with Gasteiger partial charge in [0.1, 0.15) is 12.3 Å². The maximum absolute atomic E-state index is 12.9. The predicted molar refractivity (Wildman–Crippen MR) is 67.7 cm³/mol. The summed E-state index contributed by atoms with van der Waals surface area (Å²) in [5.74, 6) is -0.754. The van der Waals surface area contributed by atoms with Gasteiger partial charge in [0.2, 0.25) is 5.78 Å². The summed E-state index contributed by atoms with van der Waals surface area (Å²) < 4.78 is 40.7. The topological polar surface area (TPSA) is 87.0 Å². The van der Waals surface area contributed by atoms with E-state index in [9.17, 15) is 17.6 Å². The number of halogens is 1. The summed E-state index contributed by atoms with van der Waals surface area (Å²) in [5.41, 5.74) is -0.231. The highest BCUT2D eigenvalue weighted by Gasteiger charge is 2.29. The minimum absolute atomic E-state index is 0.0243. The third-order valence-corrected chi connectivity index (χ3v) is 4.64. The number of ketones is 1. The van der Waals surface area contributed by atoms with E-state index in [1.165, 1.54) is 18.2 Å². The Morgan fingerprint density at radius 1 is 1.53 bits per heavy atom. The summed E-state index contributed by atoms with van der Waals surface area (Å²) in [6.45, 7) is -0.822. The van der Waals surface area contributed by atoms with E-state index in [2.05, 4.69) is 4.40 Å². The molecule has 0 atom stereocenters. The first-order chi connectivity index (χ1) is 8.85. The highest BCUT2D eigenvalue weighted by Crippen LogP contribution is 2.23. The Labute approximate surface area is 112 Å². The van der Waals surface area contributed by atoms with Gasteiger partial charge in [0.05, 0.1) is 10.6 Å². The number of hydrogen-bond donors (Lipinski definition) is 1. The van der Waals surface area contributed by atoms with Crippen LogP contribution < -0.4 is 0 Å². The van der Waals surface area contributed by atoms with Crippen LogP contribution in [0.25, 0.3) is 0 Å². The van der Waals surface area contributed by atoms with Crippen molar-refractivity contribution in [1.29, 1.82) is 0 Å². The zero-order valence-electron chi connectivity index (χ0n) is 9.70. The first kappa shape index (κ1) is 13.8. The van der Waals surface area contributed by atoms with E-state index < -0.39 is 27.7 Å². The molecule has 0 amide bonds. The molecule has 1 aliphatic rings. The van der Waals surface area contributed by atoms with E-state index in [-0.39, 0.29) is 16.3 Å². The molecule has 102 valence electrons. The summed E-state index contributed by atoms with van der Waals surface area (Å²) in [5, 5.41) is 8.34. The van der Waals surface area contributed by atoms with Gasteiger partial charge < -0.3 is 5.11 Å². The molecule has 2 heterocycles. The summed E-state index contributed by atoms with van der Waals surface area (Å²) in [4.78, 5) is 11.8. The number of hydrogen-bond acceptors (Lipinski definition) is 5. The number of likely N-dealkylation sites (N-methyl/N-ethyl adjacent to an activating group) is 1. The van der Waals surface area contributed by atoms with Crippen molar-refractivity contribution in [2.75, 3.05) is 13.7 Å². The molecule has 0 spiro atoms. The SMILES string of the molecule is CN1C(C(=O)CO)=CC(c2ccc(F)s2)=NS1(=O)=O. The second kappa shape index (κ2) is 4.83. The van der Waals surface area contributed by atoms with Crippen LogP contribution in [0.4, 0.5) is 4.39 Å². The largest absolute Gasteiger partial charge is 0.388 e. The molecule has 0 bridgehead atoms. The zero-order valence-corrected chi connectivity index (χ0v) is 11.3. The first-order valence-corrected chi connectivity index (χ1v) is 7.27. The van der Waals surface area contributed by atoms with Gasteiger partial charge in [-0.25, -0.2) is 0 Å². The molecule has 1 N–H and O–H groups in total. The number of allylic oxidation sites excluding steroid dienone is 1. The molecule has 0 aliphatic carbocycles. The molecule has 1 aromatic heterocycles. The zero-order chi connectivity index (χ0) is 14.2. The van der Waals surface area contributed by atoms with Crippen molar-refractivity contribution >= 4 is 33.0 Å². The molecule has 19 heavy (non-hydrogen) atoms. The standard InChI is InChI=1S/C10H9FN2O4S2/c1-13-7(8(15)5-14)4-6(12-19(13,16)17)9-2-3-10(11)18-9/h2-4,14H,5H2,1H3. The van der Waals surface area contributed by atoms with Crippen LogP contribution in [-0.4, -0.2) is 43.0 Å². The second-order valence-electron chi connectivity index (χ2n) is 3.64. The third kappa shape index (κ3) is 2.57. The van der Waals surface area contributed by atoms with Crippen LogP contribution in [0.15, 0.2) is 28.3 Å². The van der Waals surface area contributed by atoms with Crippen molar-refractivity contribution in [2.24, 2.45) is 4.40 Å². The lowest BCUT2D eigenvalue weighted by molar-refractivity contribution is -0.119. The smallest absolute Gasteiger partial charge is 0.345 e. The van der Waals surface area contributed by atoms with Crippen LogP contribution in [0.3, 0.4) is 0 Å². The minimum Gasteiger partial charge on any atom is -0.388 e. The summed E-state index contributed by atoms with van der Waals surface area (Å²) in [7, 11) is -2.89. The van der Waals surface area contributed by atoms with Gasteiger partial charge in [0.25, 0.3) is 0 Å². The Bertz CT molecular complexity index is 690. The molecule has 1 aromatic rings. The normalized spacial score (nSPS) is 17.9. The average Bonchev–Trinajstić information content (AvgIpc) is 2.78. The number of Topliss-reactive ketones (excluding diaryl/α,β-unsaturated/α-hetero) is 1. The van der Waals surface area contributed by atoms with Crippen LogP contribution in [0.1, 0.15) is 4.88 Å². The van der Waals surface area contributed by atoms with Gasteiger partial charge in [-0.05, 0) is 18.2 Å². The Morgan fingerprint density at radius 2 is 2.21 bits per heavy atom. The van der Waals surface area contributed by atoms with Gasteiger partial charge in [-0.2, -0.15) is 12.8 Å². The highest BCUT2D eigenvalue weighted by atomic mass is 32.2. The Kier molecular flexibility index (Phi) is 3.52. The molecule has 0 radical (unpaired) electrons. The number of aliphatic hydroxyl groups is 1. The van der Waals surface area contributed by atoms with Crippen molar-refractivity contribution in [3.8, 4) is 0 Å². The monoisotopic (exact) mass is 304 g/mol. The van der Waals surface area contributed by atoms with Crippen molar-refractivity contribution in [3.63, 3.8) is 0 Å². The van der Waals surface area contributed by atoms with Crippen LogP contribution in [0.5, 0.6) is 0 Å². The van der Waals surface area contributed by atoms with Crippen LogP contribution >= 0.6 is 11.3 Å². The Morgan fingerprint density at radius 3 is 2.74 bits per heavy atom. The first-order valence-electron chi connectivity index (χ1n) is 5.05. The molecule has 0 saturated carbocycles. The van der Waals surface area contributed by atoms with E-state index in [1.807, 2.05) is 0 Å². The van der Waals surface area contributed by atoms with Gasteiger partial charge in [-0.3, -0.25) is 9.10 Å². The minimum atomic E-state index is -4.05. The Hall–Kier alpha value is -1.58. The molecule has 0 aromatic carbocycles. The maximum atomic E-state index is 12.9. The third-order valence-electron chi connectivity index (χ3n) is 2.43. The fourth-order valence-electron chi connectivity index (χ4n) is 1.46. The van der Waals surface area contributed by atoms with E-state index in [0.29, 0.717) is 4.31 Å². The van der Waals surface area contributed by atoms with Gasteiger partial charge in [0.15, 0.2) is 5.13 Å². The maximum Gasteiger partial charge on any atom is 0.345 e. The number of aliphatic hydroxyl groups excluding tert-OH is 1. The Balaban J connectivity index is 2.55. The van der Waals surface area contributed by atoms with Crippen molar-refractivity contribution in [2.45, 2.75) is 0 Å². The lowest BCUT2D eigenvalue weighted by Crippen LogP contribution is -2.34. The number of carbonyl (C=O) groups is 1. The van der Waals surface area contributed by atoms with E-state index in [0.717, 1.165) is 18.4 Å². The molecule has 0 saturated heterocycles. The second-order valence-corrected chi connectivity index (χ2v) is 6.30. The average molecular weight is 304 g/mol. The molecule has 2 rings (SSSR count). The van der Waals surface area contributed by atoms with Gasteiger partial charge in [-0.1, -0.05) is 0 Å². The van der Waals surface area contributed by atoms with Crippen LogP contribution in [0.2, 0.25) is 0 Å². The molecular weight excluding hydrogens is 295 g/mol. The summed E-state index contributed by atoms with van der Waals surface area (Å²) in [6.07, 6.45) is 1.21. The molecule has 1 aliphatic heterocycles. The molecule has 0 unspecified atom stereocenters. The number of carbonyl (C=O) groups excluding carboxylic acids is 1. The van der Waals surface area contributed by atoms with Crippen molar-refractivity contribution < 1.29 is 22.7 Å². The molecule has 6 nitrogen and oxygen atoms in total. The number of rotatable bonds is 3. The van der Waals surface area contributed by atoms with E-state index in [4.69, 9.17) is 5.11 Å². The van der Waals surface area contributed by atoms with Gasteiger partial charge in [0, 0.05) is 7.05 Å². The van der Waals surface area contributed by atoms with Crippen molar-refractivity contribution in [1.82, 2.24) is 4.31 Å². The lowest BCUT2D eigenvalue weighted by atomic mass is 10.2. The van der Waals surface area contributed by atoms with E-state index >= 15 is 0 Å². The molecular formula is C10H9FN2O4S2. The fraction of sp³-hybridized carbons (Fsp3) is 0.200. The highest BCUT2D eigenvalue weighted by molar-refractivity contribution is 7.88. The van der Waals surface area contributed by atoms with E-state index in [1.54, 1.807) is 0 Å². The van der Waals surface area contributed by atoms with Gasteiger partial charge in [-0.15, -0.1) is 15.7 Å². The van der Waals surface area contributed by atoms with Crippen LogP contribution in [-0.2, 0) is 15.0 Å². The van der Waals surface area contributed by atoms with Crippen molar-refractivity contribution in [3.05, 3.63) is 33.9 Å². The predicted octanol–water partition coefficient (Wildman–Crippen LogP) is 0.312. The number of nitrogens with zero attached hydrogens (tertiary/aromatic N) is 2. The number of thiophene rings is 1. The molecule has 0 fully saturated rings. The van der Waals surface area contributed by atoms with Gasteiger partial charge >= 0.3 is 10.2 Å². The fourth-order valence-corrected chi connectivity index (χ4v) is 3.14. The quantitative estimate of drug-likeness (QED) is 0.871. The summed E-state index contributed by atoms with van der Waals surface area (Å²) >= 11 is 0.719. The lowest BCUT2D eigenvalue weighted by Gasteiger charge is -2.22. The summed E-state index contributed by atoms with van der Waals surface area (Å²) in [6, 6.07) is 2.55. The van der Waals surface area contributed by atoms with Crippen LogP contribution in [0, 0.1) is 5.13 Å².